The van der Waals surface area contributed by atoms with E-state index < -0.39 is 17.5 Å². The molecule has 2 saturated heterocycles. The van der Waals surface area contributed by atoms with Crippen molar-refractivity contribution >= 4 is 11.8 Å². The Labute approximate surface area is 102 Å². The Bertz CT molecular complexity index is 351. The van der Waals surface area contributed by atoms with Gasteiger partial charge in [-0.05, 0) is 26.2 Å². The van der Waals surface area contributed by atoms with E-state index in [0.29, 0.717) is 6.42 Å². The van der Waals surface area contributed by atoms with E-state index in [1.165, 1.54) is 7.11 Å². The quantitative estimate of drug-likeness (QED) is 0.558. The van der Waals surface area contributed by atoms with E-state index >= 15 is 0 Å². The molecule has 0 aromatic carbocycles. The molecule has 2 fully saturated rings. The first-order valence-corrected chi connectivity index (χ1v) is 6.27. The van der Waals surface area contributed by atoms with E-state index in [9.17, 15) is 9.59 Å². The van der Waals surface area contributed by atoms with Crippen molar-refractivity contribution in [2.45, 2.75) is 57.2 Å². The Morgan fingerprint density at radius 1 is 1.53 bits per heavy atom. The van der Waals surface area contributed by atoms with E-state index in [4.69, 9.17) is 9.47 Å². The van der Waals surface area contributed by atoms with Crippen molar-refractivity contribution in [3.63, 3.8) is 0 Å². The van der Waals surface area contributed by atoms with Crippen molar-refractivity contribution in [2.75, 3.05) is 7.11 Å². The van der Waals surface area contributed by atoms with Crippen LogP contribution < -0.4 is 0 Å². The number of carbonyl (C=O) groups is 2. The largest absolute Gasteiger partial charge is 0.468 e. The van der Waals surface area contributed by atoms with Crippen LogP contribution in [0.1, 0.15) is 46.0 Å². The lowest BCUT2D eigenvalue weighted by Crippen LogP contribution is -2.53. The van der Waals surface area contributed by atoms with Gasteiger partial charge in [-0.2, -0.15) is 0 Å². The maximum absolute atomic E-state index is 12.2. The zero-order valence-electron chi connectivity index (χ0n) is 10.7. The van der Waals surface area contributed by atoms with Gasteiger partial charge in [0.05, 0.1) is 18.3 Å². The van der Waals surface area contributed by atoms with E-state index in [1.807, 2.05) is 6.92 Å². The summed E-state index contributed by atoms with van der Waals surface area (Å²) in [7, 11) is 1.32. The Hall–Kier alpha value is -0.900. The Balaban J connectivity index is 2.27. The monoisotopic (exact) mass is 240 g/mol. The molecule has 0 aliphatic carbocycles. The van der Waals surface area contributed by atoms with Crippen LogP contribution in [0.2, 0.25) is 0 Å². The normalized spacial score (nSPS) is 40.4. The molecule has 0 unspecified atom stereocenters. The van der Waals surface area contributed by atoms with Gasteiger partial charge in [-0.1, -0.05) is 13.3 Å². The summed E-state index contributed by atoms with van der Waals surface area (Å²) in [6, 6.07) is 0. The van der Waals surface area contributed by atoms with Crippen LogP contribution in [0.15, 0.2) is 0 Å². The maximum Gasteiger partial charge on any atom is 0.319 e. The Kier molecular flexibility index (Phi) is 3.02. The number of ether oxygens (including phenoxy) is 2. The summed E-state index contributed by atoms with van der Waals surface area (Å²) in [5.74, 6) is -1.21. The number of Topliss-reactive ketones (excluding diaryl/α,β-unsaturated/α-hetero) is 1. The molecular weight excluding hydrogens is 220 g/mol. The molecule has 0 aromatic rings. The number of esters is 1. The van der Waals surface area contributed by atoms with E-state index in [0.717, 1.165) is 25.7 Å². The highest BCUT2D eigenvalue weighted by Crippen LogP contribution is 2.51. The van der Waals surface area contributed by atoms with Crippen LogP contribution >= 0.6 is 0 Å². The number of hydrogen-bond acceptors (Lipinski definition) is 4. The summed E-state index contributed by atoms with van der Waals surface area (Å²) >= 11 is 0. The summed E-state index contributed by atoms with van der Waals surface area (Å²) in [5, 5.41) is 0. The molecule has 0 amide bonds. The molecule has 4 nitrogen and oxygen atoms in total. The number of carbonyl (C=O) groups excluding carboxylic acids is 2. The van der Waals surface area contributed by atoms with Crippen molar-refractivity contribution in [1.82, 2.24) is 0 Å². The van der Waals surface area contributed by atoms with E-state index in [2.05, 4.69) is 6.92 Å². The molecule has 0 N–H and O–H groups in total. The molecule has 0 radical (unpaired) electrons. The van der Waals surface area contributed by atoms with Crippen LogP contribution in [-0.4, -0.2) is 30.1 Å². The van der Waals surface area contributed by atoms with Crippen molar-refractivity contribution in [3.8, 4) is 0 Å². The zero-order valence-corrected chi connectivity index (χ0v) is 10.7. The molecule has 4 heteroatoms. The maximum atomic E-state index is 12.2. The minimum absolute atomic E-state index is 0.0171. The summed E-state index contributed by atoms with van der Waals surface area (Å²) in [5.41, 5.74) is -0.970. The first kappa shape index (κ1) is 12.6. The lowest BCUT2D eigenvalue weighted by Gasteiger charge is -2.41. The number of ketones is 1. The average molecular weight is 240 g/mol. The van der Waals surface area contributed by atoms with Gasteiger partial charge in [-0.15, -0.1) is 0 Å². The second-order valence-electron chi connectivity index (χ2n) is 5.45. The van der Waals surface area contributed by atoms with Crippen LogP contribution in [0.3, 0.4) is 0 Å². The third-order valence-electron chi connectivity index (χ3n) is 4.10. The molecular formula is C13H20O4. The summed E-state index contributed by atoms with van der Waals surface area (Å²) in [4.78, 5) is 23.9. The van der Waals surface area contributed by atoms with E-state index in [1.54, 1.807) is 0 Å². The molecule has 96 valence electrons. The van der Waals surface area contributed by atoms with E-state index in [-0.39, 0.29) is 11.4 Å². The highest BCUT2D eigenvalue weighted by Gasteiger charge is 2.60. The topological polar surface area (TPSA) is 52.6 Å². The van der Waals surface area contributed by atoms with Gasteiger partial charge < -0.3 is 9.47 Å². The molecule has 2 bridgehead atoms. The van der Waals surface area contributed by atoms with Crippen LogP contribution in [0, 0.1) is 5.92 Å². The highest BCUT2D eigenvalue weighted by atomic mass is 16.5. The van der Waals surface area contributed by atoms with Crippen molar-refractivity contribution in [3.05, 3.63) is 0 Å². The van der Waals surface area contributed by atoms with Gasteiger partial charge in [0.25, 0.3) is 0 Å². The van der Waals surface area contributed by atoms with Gasteiger partial charge in [0.2, 0.25) is 0 Å². The second-order valence-corrected chi connectivity index (χ2v) is 5.45. The van der Waals surface area contributed by atoms with Crippen LogP contribution in [0.4, 0.5) is 0 Å². The molecule has 0 saturated carbocycles. The molecule has 2 heterocycles. The molecule has 0 aromatic heterocycles. The second kappa shape index (κ2) is 4.09. The molecule has 3 atom stereocenters. The minimum Gasteiger partial charge on any atom is -0.468 e. The minimum atomic E-state index is -0.736. The number of rotatable bonds is 3. The fourth-order valence-electron chi connectivity index (χ4n) is 3.38. The van der Waals surface area contributed by atoms with Crippen LogP contribution in [0.5, 0.6) is 0 Å². The van der Waals surface area contributed by atoms with Gasteiger partial charge in [-0.25, -0.2) is 0 Å². The Morgan fingerprint density at radius 3 is 2.82 bits per heavy atom. The smallest absolute Gasteiger partial charge is 0.319 e. The van der Waals surface area contributed by atoms with Crippen molar-refractivity contribution < 1.29 is 19.1 Å². The third-order valence-corrected chi connectivity index (χ3v) is 4.10. The molecule has 2 aliphatic heterocycles. The Morgan fingerprint density at radius 2 is 2.24 bits per heavy atom. The van der Waals surface area contributed by atoms with Crippen LogP contribution in [0.25, 0.3) is 0 Å². The van der Waals surface area contributed by atoms with Gasteiger partial charge >= 0.3 is 5.97 Å². The first-order chi connectivity index (χ1) is 7.96. The van der Waals surface area contributed by atoms with Crippen molar-refractivity contribution in [1.29, 1.82) is 0 Å². The van der Waals surface area contributed by atoms with Crippen molar-refractivity contribution in [2.24, 2.45) is 5.92 Å². The first-order valence-electron chi connectivity index (χ1n) is 6.27. The van der Waals surface area contributed by atoms with Crippen LogP contribution in [-0.2, 0) is 19.1 Å². The predicted octanol–water partition coefficient (Wildman–Crippen LogP) is 1.86. The fourth-order valence-corrected chi connectivity index (χ4v) is 3.38. The number of methoxy groups -OCH3 is 1. The molecule has 0 spiro atoms. The summed E-state index contributed by atoms with van der Waals surface area (Å²) in [6.45, 7) is 3.95. The van der Waals surface area contributed by atoms with Gasteiger partial charge in [0, 0.05) is 6.42 Å². The third kappa shape index (κ3) is 1.88. The number of hydrogen-bond donors (Lipinski definition) is 0. The molecule has 17 heavy (non-hydrogen) atoms. The average Bonchev–Trinajstić information content (AvgIpc) is 2.52. The zero-order chi connectivity index (χ0) is 12.7. The summed E-state index contributed by atoms with van der Waals surface area (Å²) in [6.07, 6.45) is 3.87. The standard InChI is InChI=1S/C13H20O4/c1-4-5-13-7-6-12(2,17-13)10(9(14)8-13)11(15)16-3/h10H,4-8H2,1-3H3/t10-,12-,13+/m1/s1. The molecule has 2 rings (SSSR count). The molecule has 2 aliphatic rings. The fraction of sp³-hybridized carbons (Fsp3) is 0.846. The van der Waals surface area contributed by atoms with Gasteiger partial charge in [0.15, 0.2) is 5.78 Å². The number of fused-ring (bicyclic) bond motifs is 2. The predicted molar refractivity (Wildman–Crippen MR) is 61.5 cm³/mol. The SMILES string of the molecule is CCC[C@@]12CC[C@@](C)(O1)[C@@H](C(=O)OC)C(=O)C2. The lowest BCUT2D eigenvalue weighted by molar-refractivity contribution is -0.188. The van der Waals surface area contributed by atoms with Gasteiger partial charge in [-0.3, -0.25) is 9.59 Å². The summed E-state index contributed by atoms with van der Waals surface area (Å²) < 4.78 is 10.8. The lowest BCUT2D eigenvalue weighted by atomic mass is 9.81. The van der Waals surface area contributed by atoms with Gasteiger partial charge in [0.1, 0.15) is 5.92 Å². The highest BCUT2D eigenvalue weighted by molar-refractivity contribution is 6.01.